The van der Waals surface area contributed by atoms with Crippen LogP contribution in [0.4, 0.5) is 5.82 Å². The molecular weight excluding hydrogens is 384 g/mol. The van der Waals surface area contributed by atoms with Gasteiger partial charge in [0.1, 0.15) is 12.1 Å². The number of nitrogens with zero attached hydrogens (tertiary/aromatic N) is 5. The van der Waals surface area contributed by atoms with Gasteiger partial charge in [-0.3, -0.25) is 9.36 Å². The van der Waals surface area contributed by atoms with Crippen molar-refractivity contribution >= 4 is 23.5 Å². The third kappa shape index (κ3) is 4.38. The normalized spacial score (nSPS) is 10.8. The number of rotatable bonds is 6. The van der Waals surface area contributed by atoms with E-state index in [-0.39, 0.29) is 11.7 Å². The molecule has 4 aromatic rings. The number of hydrogen-bond acceptors (Lipinski definition) is 5. The number of hydrogen-bond donors (Lipinski definition) is 1. The van der Waals surface area contributed by atoms with Gasteiger partial charge in [0, 0.05) is 11.8 Å². The van der Waals surface area contributed by atoms with Gasteiger partial charge >= 0.3 is 0 Å². The molecule has 2 aromatic heterocycles. The Bertz CT molecular complexity index is 1120. The fourth-order valence-corrected chi connectivity index (χ4v) is 3.60. The van der Waals surface area contributed by atoms with E-state index in [9.17, 15) is 4.79 Å². The highest BCUT2D eigenvalue weighted by atomic mass is 32.2. The molecule has 0 fully saturated rings. The second-order valence-corrected chi connectivity index (χ2v) is 7.52. The molecule has 4 rings (SSSR count). The van der Waals surface area contributed by atoms with E-state index in [4.69, 9.17) is 0 Å². The molecule has 0 saturated heterocycles. The van der Waals surface area contributed by atoms with Crippen LogP contribution >= 0.6 is 11.8 Å². The number of para-hydroxylation sites is 1. The Morgan fingerprint density at radius 3 is 2.55 bits per heavy atom. The first-order valence-corrected chi connectivity index (χ1v) is 10.1. The van der Waals surface area contributed by atoms with Crippen molar-refractivity contribution in [1.82, 2.24) is 24.5 Å². The summed E-state index contributed by atoms with van der Waals surface area (Å²) in [5, 5.41) is 16.2. The van der Waals surface area contributed by atoms with Gasteiger partial charge in [0.2, 0.25) is 5.91 Å². The zero-order valence-corrected chi connectivity index (χ0v) is 16.9. The second-order valence-electron chi connectivity index (χ2n) is 6.57. The SMILES string of the molecule is Cc1ccc(-n2nc(C)cc2NC(=O)CSc2nncn2-c2ccccc2)cc1. The van der Waals surface area contributed by atoms with Gasteiger partial charge in [0.25, 0.3) is 0 Å². The largest absolute Gasteiger partial charge is 0.310 e. The van der Waals surface area contributed by atoms with E-state index in [1.807, 2.05) is 79.1 Å². The standard InChI is InChI=1S/C21H20N6OS/c1-15-8-10-18(11-9-15)27-19(12-16(2)25-27)23-20(28)13-29-21-24-22-14-26(21)17-6-4-3-5-7-17/h3-12,14H,13H2,1-2H3,(H,23,28). The van der Waals surface area contributed by atoms with Crippen LogP contribution in [0.25, 0.3) is 11.4 Å². The highest BCUT2D eigenvalue weighted by Crippen LogP contribution is 2.21. The fourth-order valence-electron chi connectivity index (χ4n) is 2.87. The van der Waals surface area contributed by atoms with Crippen LogP contribution in [0.2, 0.25) is 0 Å². The zero-order valence-electron chi connectivity index (χ0n) is 16.1. The summed E-state index contributed by atoms with van der Waals surface area (Å²) in [6.07, 6.45) is 1.64. The average molecular weight is 404 g/mol. The molecule has 0 bridgehead atoms. The van der Waals surface area contributed by atoms with Gasteiger partial charge in [-0.25, -0.2) is 4.68 Å². The van der Waals surface area contributed by atoms with Crippen LogP contribution in [-0.2, 0) is 4.79 Å². The van der Waals surface area contributed by atoms with E-state index in [0.29, 0.717) is 11.0 Å². The summed E-state index contributed by atoms with van der Waals surface area (Å²) < 4.78 is 3.60. The van der Waals surface area contributed by atoms with E-state index < -0.39 is 0 Å². The average Bonchev–Trinajstić information content (AvgIpc) is 3.34. The molecule has 146 valence electrons. The Morgan fingerprint density at radius 2 is 1.79 bits per heavy atom. The lowest BCUT2D eigenvalue weighted by Crippen LogP contribution is -2.17. The number of carbonyl (C=O) groups is 1. The first-order valence-electron chi connectivity index (χ1n) is 9.12. The van der Waals surface area contributed by atoms with Crippen LogP contribution in [-0.4, -0.2) is 36.2 Å². The summed E-state index contributed by atoms with van der Waals surface area (Å²) in [6, 6.07) is 19.6. The lowest BCUT2D eigenvalue weighted by Gasteiger charge is -2.09. The van der Waals surface area contributed by atoms with Crippen LogP contribution in [0.15, 0.2) is 72.1 Å². The van der Waals surface area contributed by atoms with Crippen molar-refractivity contribution in [3.8, 4) is 11.4 Å². The van der Waals surface area contributed by atoms with Crippen molar-refractivity contribution in [1.29, 1.82) is 0 Å². The van der Waals surface area contributed by atoms with Crippen molar-refractivity contribution in [2.24, 2.45) is 0 Å². The first kappa shape index (κ1) is 18.9. The van der Waals surface area contributed by atoms with E-state index in [1.54, 1.807) is 11.0 Å². The van der Waals surface area contributed by atoms with Crippen LogP contribution in [0.1, 0.15) is 11.3 Å². The minimum absolute atomic E-state index is 0.133. The van der Waals surface area contributed by atoms with Crippen LogP contribution < -0.4 is 5.32 Å². The maximum Gasteiger partial charge on any atom is 0.236 e. The summed E-state index contributed by atoms with van der Waals surface area (Å²) in [6.45, 7) is 3.93. The number of carbonyl (C=O) groups excluding carboxylic acids is 1. The Balaban J connectivity index is 1.45. The third-order valence-electron chi connectivity index (χ3n) is 4.26. The third-order valence-corrected chi connectivity index (χ3v) is 5.20. The van der Waals surface area contributed by atoms with Crippen molar-refractivity contribution in [2.75, 3.05) is 11.1 Å². The Hall–Kier alpha value is -3.39. The molecule has 0 atom stereocenters. The molecule has 2 aromatic carbocycles. The summed E-state index contributed by atoms with van der Waals surface area (Å²) in [5.74, 6) is 0.719. The Morgan fingerprint density at radius 1 is 1.03 bits per heavy atom. The van der Waals surface area contributed by atoms with Gasteiger partial charge in [-0.05, 0) is 38.1 Å². The van der Waals surface area contributed by atoms with Crippen molar-refractivity contribution in [3.05, 3.63) is 78.2 Å². The molecule has 0 saturated carbocycles. The fraction of sp³-hybridized carbons (Fsp3) is 0.143. The summed E-state index contributed by atoms with van der Waals surface area (Å²) >= 11 is 1.33. The molecule has 1 amide bonds. The minimum atomic E-state index is -0.133. The number of aromatic nitrogens is 5. The maximum absolute atomic E-state index is 12.6. The number of nitrogens with one attached hydrogen (secondary N) is 1. The van der Waals surface area contributed by atoms with Crippen LogP contribution in [0.5, 0.6) is 0 Å². The van der Waals surface area contributed by atoms with E-state index in [2.05, 4.69) is 20.6 Å². The van der Waals surface area contributed by atoms with Gasteiger partial charge in [0.05, 0.1) is 17.1 Å². The highest BCUT2D eigenvalue weighted by molar-refractivity contribution is 7.99. The molecule has 8 heteroatoms. The molecular formula is C21H20N6OS. The predicted molar refractivity (Wildman–Crippen MR) is 114 cm³/mol. The Labute approximate surface area is 172 Å². The molecule has 7 nitrogen and oxygen atoms in total. The molecule has 0 spiro atoms. The number of thioether (sulfide) groups is 1. The number of amides is 1. The maximum atomic E-state index is 12.6. The summed E-state index contributed by atoms with van der Waals surface area (Å²) in [4.78, 5) is 12.6. The van der Waals surface area contributed by atoms with Gasteiger partial charge in [0.15, 0.2) is 5.16 Å². The topological polar surface area (TPSA) is 77.6 Å². The lowest BCUT2D eigenvalue weighted by molar-refractivity contribution is -0.113. The minimum Gasteiger partial charge on any atom is -0.310 e. The molecule has 1 N–H and O–H groups in total. The predicted octanol–water partition coefficient (Wildman–Crippen LogP) is 3.80. The number of benzene rings is 2. The molecule has 0 aliphatic carbocycles. The quantitative estimate of drug-likeness (QED) is 0.495. The molecule has 0 aliphatic heterocycles. The van der Waals surface area contributed by atoms with Gasteiger partial charge < -0.3 is 5.32 Å². The second kappa shape index (κ2) is 8.32. The van der Waals surface area contributed by atoms with E-state index in [0.717, 1.165) is 17.1 Å². The van der Waals surface area contributed by atoms with E-state index >= 15 is 0 Å². The molecule has 0 unspecified atom stereocenters. The monoisotopic (exact) mass is 404 g/mol. The molecule has 0 aliphatic rings. The number of anilines is 1. The van der Waals surface area contributed by atoms with Gasteiger partial charge in [-0.15, -0.1) is 10.2 Å². The van der Waals surface area contributed by atoms with Crippen LogP contribution in [0.3, 0.4) is 0 Å². The highest BCUT2D eigenvalue weighted by Gasteiger charge is 2.13. The van der Waals surface area contributed by atoms with E-state index in [1.165, 1.54) is 17.3 Å². The van der Waals surface area contributed by atoms with Crippen molar-refractivity contribution in [3.63, 3.8) is 0 Å². The Kier molecular flexibility index (Phi) is 5.44. The zero-order chi connectivity index (χ0) is 20.2. The first-order chi connectivity index (χ1) is 14.1. The summed E-state index contributed by atoms with van der Waals surface area (Å²) in [7, 11) is 0. The summed E-state index contributed by atoms with van der Waals surface area (Å²) in [5.41, 5.74) is 3.85. The molecule has 0 radical (unpaired) electrons. The van der Waals surface area contributed by atoms with Gasteiger partial charge in [-0.1, -0.05) is 47.7 Å². The lowest BCUT2D eigenvalue weighted by atomic mass is 10.2. The number of aryl methyl sites for hydroxylation is 2. The smallest absolute Gasteiger partial charge is 0.236 e. The van der Waals surface area contributed by atoms with Crippen molar-refractivity contribution < 1.29 is 4.79 Å². The van der Waals surface area contributed by atoms with Crippen LogP contribution in [0, 0.1) is 13.8 Å². The molecule has 2 heterocycles. The van der Waals surface area contributed by atoms with Crippen molar-refractivity contribution in [2.45, 2.75) is 19.0 Å². The molecule has 29 heavy (non-hydrogen) atoms. The van der Waals surface area contributed by atoms with Gasteiger partial charge in [-0.2, -0.15) is 5.10 Å².